The summed E-state index contributed by atoms with van der Waals surface area (Å²) in [5.74, 6) is 1.01. The quantitative estimate of drug-likeness (QED) is 0.247. The van der Waals surface area contributed by atoms with Crippen LogP contribution in [0.25, 0.3) is 0 Å². The van der Waals surface area contributed by atoms with Gasteiger partial charge >= 0.3 is 0 Å². The topological polar surface area (TPSA) is 50.1 Å². The molecule has 0 spiro atoms. The summed E-state index contributed by atoms with van der Waals surface area (Å²) in [5.41, 5.74) is 5.71. The molecule has 0 aliphatic heterocycles. The van der Waals surface area contributed by atoms with Gasteiger partial charge in [0.1, 0.15) is 0 Å². The number of thioether (sulfide) groups is 1. The fourth-order valence-corrected chi connectivity index (χ4v) is 2.47. The molecule has 0 heterocycles. The van der Waals surface area contributed by atoms with E-state index in [2.05, 4.69) is 37.1 Å². The van der Waals surface area contributed by atoms with E-state index in [4.69, 9.17) is 18.0 Å². The highest BCUT2D eigenvalue weighted by atomic mass is 32.2. The lowest BCUT2D eigenvalue weighted by molar-refractivity contribution is 0.539. The molecule has 2 unspecified atom stereocenters. The van der Waals surface area contributed by atoms with Gasteiger partial charge in [-0.1, -0.05) is 0 Å². The largest absolute Gasteiger partial charge is 0.362 e. The molecule has 3 atom stereocenters. The van der Waals surface area contributed by atoms with Gasteiger partial charge in [-0.05, 0) is 39.4 Å². The summed E-state index contributed by atoms with van der Waals surface area (Å²) in [4.78, 5) is 0. The molecule has 0 saturated carbocycles. The van der Waals surface area contributed by atoms with Crippen molar-refractivity contribution in [2.45, 2.75) is 43.9 Å². The third-order valence-electron chi connectivity index (χ3n) is 1.85. The summed E-state index contributed by atoms with van der Waals surface area (Å²) in [7, 11) is 0. The van der Waals surface area contributed by atoms with Gasteiger partial charge < -0.3 is 16.4 Å². The monoisotopic (exact) mass is 281 g/mol. The molecule has 0 saturated heterocycles. The molecule has 3 nitrogen and oxygen atoms in total. The second kappa shape index (κ2) is 9.39. The van der Waals surface area contributed by atoms with Crippen LogP contribution in [-0.2, 0) is 0 Å². The van der Waals surface area contributed by atoms with Crippen molar-refractivity contribution < 1.29 is 0 Å². The van der Waals surface area contributed by atoms with E-state index in [0.717, 1.165) is 18.7 Å². The van der Waals surface area contributed by atoms with Crippen LogP contribution in [0, 0.1) is 0 Å². The maximum Gasteiger partial charge on any atom is 0.166 e. The molecule has 0 rings (SSSR count). The fourth-order valence-electron chi connectivity index (χ4n) is 1.29. The van der Waals surface area contributed by atoms with Crippen molar-refractivity contribution in [2.75, 3.05) is 12.3 Å². The summed E-state index contributed by atoms with van der Waals surface area (Å²) in [5, 5.41) is 7.09. The van der Waals surface area contributed by atoms with Crippen molar-refractivity contribution in [3.05, 3.63) is 0 Å². The zero-order valence-electron chi connectivity index (χ0n) is 10.2. The molecule has 0 aliphatic rings. The predicted molar refractivity (Wildman–Crippen MR) is 82.4 cm³/mol. The smallest absolute Gasteiger partial charge is 0.166 e. The Morgan fingerprint density at radius 1 is 1.44 bits per heavy atom. The van der Waals surface area contributed by atoms with Gasteiger partial charge in [0, 0.05) is 29.0 Å². The van der Waals surface area contributed by atoms with E-state index < -0.39 is 0 Å². The number of thiocarbonyl (C=S) groups is 1. The first-order chi connectivity index (χ1) is 7.41. The summed E-state index contributed by atoms with van der Waals surface area (Å²) in [6.45, 7) is 7.02. The Morgan fingerprint density at radius 2 is 2.06 bits per heavy atom. The Bertz CT molecular complexity index is 198. The highest BCUT2D eigenvalue weighted by molar-refractivity contribution is 8.10. The lowest BCUT2D eigenvalue weighted by atomic mass is 10.1. The van der Waals surface area contributed by atoms with Crippen molar-refractivity contribution in [2.24, 2.45) is 5.73 Å². The molecule has 96 valence electrons. The highest BCUT2D eigenvalue weighted by Crippen LogP contribution is 2.11. The van der Waals surface area contributed by atoms with Gasteiger partial charge in [-0.2, -0.15) is 12.6 Å². The van der Waals surface area contributed by atoms with Crippen LogP contribution < -0.4 is 16.4 Å². The van der Waals surface area contributed by atoms with E-state index >= 15 is 0 Å². The second-order valence-corrected chi connectivity index (χ2v) is 6.97. The normalized spacial score (nSPS) is 16.3. The minimum Gasteiger partial charge on any atom is -0.362 e. The summed E-state index contributed by atoms with van der Waals surface area (Å²) >= 11 is 11.3. The SMILES string of the molecule is CC(N)CC(C)NC(=S)NCCS[C@H](C)S. The maximum absolute atomic E-state index is 5.71. The highest BCUT2D eigenvalue weighted by Gasteiger charge is 2.06. The molecule has 0 aliphatic carbocycles. The molecule has 6 heteroatoms. The average Bonchev–Trinajstić information content (AvgIpc) is 2.10. The van der Waals surface area contributed by atoms with Crippen LogP contribution in [0.15, 0.2) is 0 Å². The first-order valence-electron chi connectivity index (χ1n) is 5.51. The third-order valence-corrected chi connectivity index (χ3v) is 3.48. The average molecular weight is 282 g/mol. The van der Waals surface area contributed by atoms with E-state index in [1.54, 1.807) is 11.8 Å². The van der Waals surface area contributed by atoms with Crippen LogP contribution in [0.4, 0.5) is 0 Å². The molecule has 4 N–H and O–H groups in total. The van der Waals surface area contributed by atoms with E-state index in [9.17, 15) is 0 Å². The number of nitrogens with two attached hydrogens (primary N) is 1. The van der Waals surface area contributed by atoms with Gasteiger partial charge in [0.05, 0.1) is 0 Å². The van der Waals surface area contributed by atoms with Crippen LogP contribution in [0.3, 0.4) is 0 Å². The van der Waals surface area contributed by atoms with E-state index in [1.165, 1.54) is 0 Å². The minimum atomic E-state index is 0.200. The molecule has 0 bridgehead atoms. The molecule has 0 aromatic heterocycles. The van der Waals surface area contributed by atoms with Crippen molar-refractivity contribution in [3.8, 4) is 0 Å². The predicted octanol–water partition coefficient (Wildman–Crippen LogP) is 1.59. The fraction of sp³-hybridized carbons (Fsp3) is 0.900. The lowest BCUT2D eigenvalue weighted by Gasteiger charge is -2.18. The van der Waals surface area contributed by atoms with Crippen molar-refractivity contribution in [3.63, 3.8) is 0 Å². The Kier molecular flexibility index (Phi) is 9.59. The standard InChI is InChI=1S/C10H23N3S3/c1-7(11)6-8(2)13-10(15)12-4-5-16-9(3)14/h7-9,14H,4-6,11H2,1-3H3,(H2,12,13,15)/t7?,8?,9-/m1/s1. The number of hydrogen-bond donors (Lipinski definition) is 4. The van der Waals surface area contributed by atoms with Crippen molar-refractivity contribution >= 4 is 41.7 Å². The lowest BCUT2D eigenvalue weighted by Crippen LogP contribution is -2.43. The van der Waals surface area contributed by atoms with Crippen molar-refractivity contribution in [1.29, 1.82) is 0 Å². The molecule has 16 heavy (non-hydrogen) atoms. The van der Waals surface area contributed by atoms with Crippen LogP contribution in [0.5, 0.6) is 0 Å². The van der Waals surface area contributed by atoms with Gasteiger partial charge in [0.25, 0.3) is 0 Å². The van der Waals surface area contributed by atoms with Crippen LogP contribution in [0.1, 0.15) is 27.2 Å². The maximum atomic E-state index is 5.71. The van der Waals surface area contributed by atoms with Crippen molar-refractivity contribution in [1.82, 2.24) is 10.6 Å². The Hall–Kier alpha value is 0.350. The van der Waals surface area contributed by atoms with Crippen LogP contribution >= 0.6 is 36.6 Å². The number of nitrogens with one attached hydrogen (secondary N) is 2. The van der Waals surface area contributed by atoms with Gasteiger partial charge in [-0.25, -0.2) is 0 Å². The van der Waals surface area contributed by atoms with Crippen LogP contribution in [0.2, 0.25) is 0 Å². The third kappa shape index (κ3) is 10.9. The molecule has 0 fully saturated rings. The summed E-state index contributed by atoms with van der Waals surface area (Å²) in [6, 6.07) is 0.516. The number of thiol groups is 1. The zero-order chi connectivity index (χ0) is 12.6. The Morgan fingerprint density at radius 3 is 2.56 bits per heavy atom. The minimum absolute atomic E-state index is 0.200. The molecule has 0 radical (unpaired) electrons. The second-order valence-electron chi connectivity index (χ2n) is 3.98. The number of hydrogen-bond acceptors (Lipinski definition) is 4. The summed E-state index contributed by atoms with van der Waals surface area (Å²) < 4.78 is 0.375. The molecule has 0 aromatic carbocycles. The first-order valence-corrected chi connectivity index (χ1v) is 7.48. The van der Waals surface area contributed by atoms with Gasteiger partial charge in [-0.15, -0.1) is 11.8 Å². The van der Waals surface area contributed by atoms with Gasteiger partial charge in [0.15, 0.2) is 5.11 Å². The Balaban J connectivity index is 3.51. The van der Waals surface area contributed by atoms with E-state index in [0.29, 0.717) is 15.7 Å². The first kappa shape index (κ1) is 16.4. The summed E-state index contributed by atoms with van der Waals surface area (Å²) in [6.07, 6.45) is 0.921. The van der Waals surface area contributed by atoms with Gasteiger partial charge in [0.2, 0.25) is 0 Å². The Labute approximate surface area is 114 Å². The number of rotatable bonds is 7. The van der Waals surface area contributed by atoms with Gasteiger partial charge in [-0.3, -0.25) is 0 Å². The zero-order valence-corrected chi connectivity index (χ0v) is 12.7. The van der Waals surface area contributed by atoms with E-state index in [1.807, 2.05) is 6.92 Å². The molecule has 0 aromatic rings. The molecular weight excluding hydrogens is 258 g/mol. The van der Waals surface area contributed by atoms with E-state index in [-0.39, 0.29) is 6.04 Å². The molecule has 0 amide bonds. The molecular formula is C10H23N3S3. The van der Waals surface area contributed by atoms with Crippen LogP contribution in [-0.4, -0.2) is 34.1 Å².